The van der Waals surface area contributed by atoms with E-state index in [0.717, 1.165) is 0 Å². The summed E-state index contributed by atoms with van der Waals surface area (Å²) < 4.78 is 14.0. The number of hydrogen-bond donors (Lipinski definition) is 0. The second kappa shape index (κ2) is 2.08. The van der Waals surface area contributed by atoms with Crippen molar-refractivity contribution in [1.82, 2.24) is 9.78 Å². The van der Waals surface area contributed by atoms with Gasteiger partial charge in [-0.05, 0) is 20.8 Å². The van der Waals surface area contributed by atoms with Crippen LogP contribution in [0.15, 0.2) is 12.4 Å². The van der Waals surface area contributed by atoms with Gasteiger partial charge in [-0.1, -0.05) is 0 Å². The summed E-state index contributed by atoms with van der Waals surface area (Å²) >= 11 is 0. The van der Waals surface area contributed by atoms with Gasteiger partial charge in [0.05, 0.1) is 17.9 Å². The molecule has 0 atom stereocenters. The van der Waals surface area contributed by atoms with Crippen LogP contribution in [0.1, 0.15) is 20.8 Å². The van der Waals surface area contributed by atoms with Crippen LogP contribution < -0.4 is 0 Å². The smallest absolute Gasteiger partial charge is 0.161 e. The van der Waals surface area contributed by atoms with Gasteiger partial charge in [0.2, 0.25) is 0 Å². The standard InChI is InChI=1S/C7H11FN2/c1-7(2,3)10-5-6(8)4-9-10/h4-5H,1-3H3. The highest BCUT2D eigenvalue weighted by molar-refractivity contribution is 4.87. The zero-order chi connectivity index (χ0) is 7.78. The minimum atomic E-state index is -0.282. The van der Waals surface area contributed by atoms with E-state index in [-0.39, 0.29) is 11.4 Å². The molecule has 1 rings (SSSR count). The summed E-state index contributed by atoms with van der Waals surface area (Å²) in [5.74, 6) is -0.282. The Kier molecular flexibility index (Phi) is 1.50. The van der Waals surface area contributed by atoms with Crippen LogP contribution in [0.2, 0.25) is 0 Å². The van der Waals surface area contributed by atoms with Crippen LogP contribution in [0.5, 0.6) is 0 Å². The lowest BCUT2D eigenvalue weighted by molar-refractivity contribution is 0.354. The van der Waals surface area contributed by atoms with Crippen molar-refractivity contribution >= 4 is 0 Å². The van der Waals surface area contributed by atoms with Gasteiger partial charge in [-0.2, -0.15) is 5.10 Å². The van der Waals surface area contributed by atoms with Crippen molar-refractivity contribution in [2.75, 3.05) is 0 Å². The number of halogens is 1. The van der Waals surface area contributed by atoms with Gasteiger partial charge in [-0.3, -0.25) is 4.68 Å². The number of hydrogen-bond acceptors (Lipinski definition) is 1. The first-order valence-corrected chi connectivity index (χ1v) is 3.21. The molecule has 0 unspecified atom stereocenters. The fraction of sp³-hybridized carbons (Fsp3) is 0.571. The molecule has 0 aliphatic carbocycles. The molecule has 0 radical (unpaired) electrons. The molecular weight excluding hydrogens is 131 g/mol. The zero-order valence-corrected chi connectivity index (χ0v) is 6.43. The second-order valence-corrected chi connectivity index (χ2v) is 3.27. The molecule has 0 aliphatic heterocycles. The van der Waals surface area contributed by atoms with E-state index in [2.05, 4.69) is 5.10 Å². The molecule has 0 spiro atoms. The summed E-state index contributed by atoms with van der Waals surface area (Å²) in [6, 6.07) is 0. The topological polar surface area (TPSA) is 17.8 Å². The maximum absolute atomic E-state index is 12.4. The Morgan fingerprint density at radius 1 is 1.50 bits per heavy atom. The minimum Gasteiger partial charge on any atom is -0.264 e. The fourth-order valence-corrected chi connectivity index (χ4v) is 0.668. The fourth-order valence-electron chi connectivity index (χ4n) is 0.668. The first-order chi connectivity index (χ1) is 4.50. The Balaban J connectivity index is 2.96. The van der Waals surface area contributed by atoms with Crippen LogP contribution in [0.4, 0.5) is 4.39 Å². The largest absolute Gasteiger partial charge is 0.264 e. The maximum atomic E-state index is 12.4. The summed E-state index contributed by atoms with van der Waals surface area (Å²) in [6.07, 6.45) is 2.60. The highest BCUT2D eigenvalue weighted by Crippen LogP contribution is 2.11. The molecule has 0 saturated carbocycles. The van der Waals surface area contributed by atoms with E-state index in [9.17, 15) is 4.39 Å². The summed E-state index contributed by atoms with van der Waals surface area (Å²) in [4.78, 5) is 0. The van der Waals surface area contributed by atoms with Crippen molar-refractivity contribution in [3.63, 3.8) is 0 Å². The summed E-state index contributed by atoms with van der Waals surface area (Å²) in [5.41, 5.74) is -0.121. The zero-order valence-electron chi connectivity index (χ0n) is 6.43. The molecule has 1 aromatic rings. The monoisotopic (exact) mass is 142 g/mol. The van der Waals surface area contributed by atoms with Gasteiger partial charge >= 0.3 is 0 Å². The normalized spacial score (nSPS) is 12.0. The average molecular weight is 142 g/mol. The molecule has 0 aromatic carbocycles. The Bertz CT molecular complexity index is 222. The Hall–Kier alpha value is -0.860. The van der Waals surface area contributed by atoms with Gasteiger partial charge < -0.3 is 0 Å². The third-order valence-corrected chi connectivity index (χ3v) is 1.24. The number of rotatable bonds is 0. The van der Waals surface area contributed by atoms with Gasteiger partial charge in [0, 0.05) is 0 Å². The predicted molar refractivity (Wildman–Crippen MR) is 37.2 cm³/mol. The highest BCUT2D eigenvalue weighted by atomic mass is 19.1. The SMILES string of the molecule is CC(C)(C)n1cc(F)cn1. The molecule has 1 heterocycles. The van der Waals surface area contributed by atoms with Crippen LogP contribution in [0.25, 0.3) is 0 Å². The molecular formula is C7H11FN2. The van der Waals surface area contributed by atoms with Crippen molar-refractivity contribution in [1.29, 1.82) is 0 Å². The molecule has 0 amide bonds. The summed E-state index contributed by atoms with van der Waals surface area (Å²) in [5, 5.41) is 3.83. The first kappa shape index (κ1) is 7.25. The van der Waals surface area contributed by atoms with Gasteiger partial charge in [-0.25, -0.2) is 4.39 Å². The van der Waals surface area contributed by atoms with Crippen LogP contribution in [0.3, 0.4) is 0 Å². The van der Waals surface area contributed by atoms with Crippen molar-refractivity contribution in [2.45, 2.75) is 26.3 Å². The average Bonchev–Trinajstić information content (AvgIpc) is 2.11. The number of nitrogens with zero attached hydrogens (tertiary/aromatic N) is 2. The first-order valence-electron chi connectivity index (χ1n) is 3.21. The van der Waals surface area contributed by atoms with E-state index in [1.165, 1.54) is 12.4 Å². The van der Waals surface area contributed by atoms with Crippen molar-refractivity contribution < 1.29 is 4.39 Å². The Morgan fingerprint density at radius 3 is 2.30 bits per heavy atom. The van der Waals surface area contributed by atoms with Gasteiger partial charge in [0.25, 0.3) is 0 Å². The van der Waals surface area contributed by atoms with E-state index in [1.54, 1.807) is 4.68 Å². The summed E-state index contributed by atoms with van der Waals surface area (Å²) in [7, 11) is 0. The second-order valence-electron chi connectivity index (χ2n) is 3.27. The molecule has 10 heavy (non-hydrogen) atoms. The van der Waals surface area contributed by atoms with E-state index < -0.39 is 0 Å². The van der Waals surface area contributed by atoms with Gasteiger partial charge in [0.1, 0.15) is 0 Å². The minimum absolute atomic E-state index is 0.121. The third kappa shape index (κ3) is 1.35. The lowest BCUT2D eigenvalue weighted by atomic mass is 10.1. The Labute approximate surface area is 59.7 Å². The van der Waals surface area contributed by atoms with Crippen molar-refractivity contribution in [3.05, 3.63) is 18.2 Å². The molecule has 3 heteroatoms. The quantitative estimate of drug-likeness (QED) is 0.540. The highest BCUT2D eigenvalue weighted by Gasteiger charge is 2.13. The van der Waals surface area contributed by atoms with Crippen molar-refractivity contribution in [3.8, 4) is 0 Å². The van der Waals surface area contributed by atoms with E-state index in [1.807, 2.05) is 20.8 Å². The Morgan fingerprint density at radius 2 is 2.10 bits per heavy atom. The lowest BCUT2D eigenvalue weighted by Gasteiger charge is -2.18. The maximum Gasteiger partial charge on any atom is 0.161 e. The molecule has 0 fully saturated rings. The number of aromatic nitrogens is 2. The lowest BCUT2D eigenvalue weighted by Crippen LogP contribution is -2.21. The van der Waals surface area contributed by atoms with Crippen LogP contribution in [-0.4, -0.2) is 9.78 Å². The summed E-state index contributed by atoms with van der Waals surface area (Å²) in [6.45, 7) is 5.92. The van der Waals surface area contributed by atoms with Crippen LogP contribution in [-0.2, 0) is 5.54 Å². The van der Waals surface area contributed by atoms with E-state index in [0.29, 0.717) is 0 Å². The van der Waals surface area contributed by atoms with Crippen LogP contribution in [0, 0.1) is 5.82 Å². The molecule has 0 saturated heterocycles. The van der Waals surface area contributed by atoms with Gasteiger partial charge in [0.15, 0.2) is 5.82 Å². The third-order valence-electron chi connectivity index (χ3n) is 1.24. The van der Waals surface area contributed by atoms with Crippen LogP contribution >= 0.6 is 0 Å². The van der Waals surface area contributed by atoms with E-state index >= 15 is 0 Å². The molecule has 2 nitrogen and oxygen atoms in total. The molecule has 1 aromatic heterocycles. The molecule has 0 aliphatic rings. The van der Waals surface area contributed by atoms with Crippen molar-refractivity contribution in [2.24, 2.45) is 0 Å². The van der Waals surface area contributed by atoms with Gasteiger partial charge in [-0.15, -0.1) is 0 Å². The molecule has 0 bridgehead atoms. The van der Waals surface area contributed by atoms with E-state index in [4.69, 9.17) is 0 Å². The predicted octanol–water partition coefficient (Wildman–Crippen LogP) is 1.78. The molecule has 0 N–H and O–H groups in total. The molecule has 56 valence electrons.